The number of nitrogens with one attached hydrogen (secondary N) is 1. The molecule has 9 N–H and O–H groups in total. The van der Waals surface area contributed by atoms with Crippen molar-refractivity contribution < 1.29 is 4.79 Å². The molecular weight excluding hydrogens is 424 g/mol. The third-order valence-corrected chi connectivity index (χ3v) is 4.23. The number of hydrogen-bond donors (Lipinski definition) is 5. The van der Waals surface area contributed by atoms with Crippen LogP contribution in [0, 0.1) is 0 Å². The number of benzene rings is 3. The van der Waals surface area contributed by atoms with Crippen molar-refractivity contribution in [2.75, 3.05) is 12.3 Å². The molecule has 0 unspecified atom stereocenters. The van der Waals surface area contributed by atoms with E-state index in [4.69, 9.17) is 23.0 Å². The van der Waals surface area contributed by atoms with Gasteiger partial charge in [-0.2, -0.15) is 0 Å². The highest BCUT2D eigenvalue weighted by molar-refractivity contribution is 5.93. The molecule has 34 heavy (non-hydrogen) atoms. The topological polar surface area (TPSA) is 146 Å². The zero-order chi connectivity index (χ0) is 24.9. The fraction of sp³-hybridized carbons (Fsp3) is 0.111. The predicted octanol–water partition coefficient (Wildman–Crippen LogP) is 3.29. The van der Waals surface area contributed by atoms with Gasteiger partial charge in [0.05, 0.1) is 0 Å². The first-order valence-electron chi connectivity index (χ1n) is 10.8. The highest BCUT2D eigenvalue weighted by atomic mass is 16.2. The van der Waals surface area contributed by atoms with Gasteiger partial charge >= 0.3 is 0 Å². The first kappa shape index (κ1) is 28.0. The van der Waals surface area contributed by atoms with E-state index in [9.17, 15) is 4.79 Å². The summed E-state index contributed by atoms with van der Waals surface area (Å²) in [6, 6.07) is 32.5. The molecule has 7 heteroatoms. The standard InChI is InChI=1S/C8H11N.C7H8N2O.C7H9N.C5H6N2/c9-7-6-8-4-2-1-3-5-8;8-9-7(10)6-4-2-1-3-5-6;8-6-7-4-2-1-3-5-7;6-5-1-3-7-4-2-5/h1-5H,6-7,9H2;1-5H,8H2,(H,9,10);1-5H,6,8H2;1-4H,(H2,6,7). The Morgan fingerprint density at radius 2 is 1.18 bits per heavy atom. The Balaban J connectivity index is 0.000000228. The van der Waals surface area contributed by atoms with Crippen molar-refractivity contribution in [2.45, 2.75) is 13.0 Å². The second-order valence-electron chi connectivity index (χ2n) is 6.83. The molecule has 0 atom stereocenters. The van der Waals surface area contributed by atoms with Crippen molar-refractivity contribution in [3.8, 4) is 0 Å². The number of anilines is 1. The van der Waals surface area contributed by atoms with Gasteiger partial charge in [-0.25, -0.2) is 5.84 Å². The van der Waals surface area contributed by atoms with E-state index in [1.54, 1.807) is 48.8 Å². The highest BCUT2D eigenvalue weighted by Gasteiger charge is 1.98. The van der Waals surface area contributed by atoms with Gasteiger partial charge in [-0.05, 0) is 48.4 Å². The van der Waals surface area contributed by atoms with Crippen molar-refractivity contribution in [2.24, 2.45) is 17.3 Å². The van der Waals surface area contributed by atoms with Gasteiger partial charge < -0.3 is 17.2 Å². The van der Waals surface area contributed by atoms with Crippen LogP contribution in [0.15, 0.2) is 116 Å². The number of carbonyl (C=O) groups excluding carboxylic acids is 1. The van der Waals surface area contributed by atoms with Crippen molar-refractivity contribution in [1.29, 1.82) is 0 Å². The second kappa shape index (κ2) is 18.5. The van der Waals surface area contributed by atoms with E-state index in [1.807, 2.05) is 60.0 Å². The number of nitrogen functional groups attached to an aromatic ring is 2. The molecule has 0 aliphatic carbocycles. The largest absolute Gasteiger partial charge is 0.399 e. The lowest BCUT2D eigenvalue weighted by atomic mass is 10.2. The molecule has 0 fully saturated rings. The molecule has 0 bridgehead atoms. The molecule has 0 aliphatic heterocycles. The Bertz CT molecular complexity index is 1000. The summed E-state index contributed by atoms with van der Waals surface area (Å²) >= 11 is 0. The molecule has 4 aromatic rings. The fourth-order valence-electron chi connectivity index (χ4n) is 2.46. The van der Waals surface area contributed by atoms with E-state index in [0.29, 0.717) is 12.1 Å². The zero-order valence-corrected chi connectivity index (χ0v) is 19.3. The Hall–Kier alpha value is -4.04. The lowest BCUT2D eigenvalue weighted by Crippen LogP contribution is -2.29. The van der Waals surface area contributed by atoms with Crippen LogP contribution in [0.3, 0.4) is 0 Å². The van der Waals surface area contributed by atoms with Gasteiger partial charge in [-0.1, -0.05) is 78.9 Å². The SMILES string of the molecule is NCCc1ccccc1.NCc1ccccc1.NNC(=O)c1ccccc1.Nc1ccncc1. The van der Waals surface area contributed by atoms with Crippen LogP contribution >= 0.6 is 0 Å². The van der Waals surface area contributed by atoms with Crippen LogP contribution in [0.4, 0.5) is 5.69 Å². The molecule has 0 spiro atoms. The van der Waals surface area contributed by atoms with Gasteiger partial charge in [-0.3, -0.25) is 15.2 Å². The van der Waals surface area contributed by atoms with Crippen LogP contribution in [0.25, 0.3) is 0 Å². The average Bonchev–Trinajstić information content (AvgIpc) is 2.91. The monoisotopic (exact) mass is 458 g/mol. The third-order valence-electron chi connectivity index (χ3n) is 4.23. The maximum Gasteiger partial charge on any atom is 0.265 e. The molecular formula is C27H34N6O. The van der Waals surface area contributed by atoms with E-state index in [-0.39, 0.29) is 5.91 Å². The van der Waals surface area contributed by atoms with Crippen LogP contribution in [-0.2, 0) is 13.0 Å². The summed E-state index contributed by atoms with van der Waals surface area (Å²) in [5.41, 5.74) is 21.9. The maximum absolute atomic E-state index is 10.8. The highest BCUT2D eigenvalue weighted by Crippen LogP contribution is 1.97. The number of hydrogen-bond acceptors (Lipinski definition) is 6. The number of rotatable bonds is 4. The number of nitrogens with zero attached hydrogens (tertiary/aromatic N) is 1. The first-order valence-corrected chi connectivity index (χ1v) is 10.8. The van der Waals surface area contributed by atoms with Crippen molar-refractivity contribution in [3.63, 3.8) is 0 Å². The summed E-state index contributed by atoms with van der Waals surface area (Å²) in [6.07, 6.45) is 4.31. The van der Waals surface area contributed by atoms with E-state index in [0.717, 1.165) is 18.7 Å². The fourth-order valence-corrected chi connectivity index (χ4v) is 2.46. The number of hydrazine groups is 1. The smallest absolute Gasteiger partial charge is 0.265 e. The van der Waals surface area contributed by atoms with Gasteiger partial charge in [0.25, 0.3) is 5.91 Å². The van der Waals surface area contributed by atoms with Crippen LogP contribution < -0.4 is 28.5 Å². The van der Waals surface area contributed by atoms with E-state index < -0.39 is 0 Å². The summed E-state index contributed by atoms with van der Waals surface area (Å²) in [7, 11) is 0. The second-order valence-corrected chi connectivity index (χ2v) is 6.83. The maximum atomic E-state index is 10.8. The number of carbonyl (C=O) groups is 1. The number of pyridine rings is 1. The Kier molecular flexibility index (Phi) is 15.3. The minimum absolute atomic E-state index is 0.263. The van der Waals surface area contributed by atoms with Gasteiger partial charge in [0.15, 0.2) is 0 Å². The average molecular weight is 459 g/mol. The molecule has 4 rings (SSSR count). The summed E-state index contributed by atoms with van der Waals surface area (Å²) < 4.78 is 0. The number of amides is 1. The van der Waals surface area contributed by atoms with E-state index in [2.05, 4.69) is 17.1 Å². The number of aromatic nitrogens is 1. The summed E-state index contributed by atoms with van der Waals surface area (Å²) in [6.45, 7) is 1.38. The van der Waals surface area contributed by atoms with Gasteiger partial charge in [0.1, 0.15) is 0 Å². The summed E-state index contributed by atoms with van der Waals surface area (Å²) in [5, 5.41) is 0. The normalized spacial score (nSPS) is 9.03. The minimum atomic E-state index is -0.263. The van der Waals surface area contributed by atoms with Crippen molar-refractivity contribution >= 4 is 11.6 Å². The van der Waals surface area contributed by atoms with Gasteiger partial charge in [0, 0.05) is 30.2 Å². The van der Waals surface area contributed by atoms with Crippen LogP contribution in [0.1, 0.15) is 21.5 Å². The quantitative estimate of drug-likeness (QED) is 0.180. The number of nitrogens with two attached hydrogens (primary N) is 4. The summed E-state index contributed by atoms with van der Waals surface area (Å²) in [4.78, 5) is 14.5. The molecule has 7 nitrogen and oxygen atoms in total. The Labute approximate surface area is 201 Å². The molecule has 3 aromatic carbocycles. The molecule has 1 heterocycles. The molecule has 178 valence electrons. The van der Waals surface area contributed by atoms with Crippen LogP contribution in [0.2, 0.25) is 0 Å². The van der Waals surface area contributed by atoms with Gasteiger partial charge in [-0.15, -0.1) is 0 Å². The van der Waals surface area contributed by atoms with E-state index >= 15 is 0 Å². The van der Waals surface area contributed by atoms with Crippen LogP contribution in [-0.4, -0.2) is 17.4 Å². The van der Waals surface area contributed by atoms with Crippen molar-refractivity contribution in [3.05, 3.63) is 132 Å². The summed E-state index contributed by atoms with van der Waals surface area (Å²) in [5.74, 6) is 4.64. The van der Waals surface area contributed by atoms with Crippen molar-refractivity contribution in [1.82, 2.24) is 10.4 Å². The molecule has 1 aromatic heterocycles. The first-order chi connectivity index (χ1) is 16.6. The third kappa shape index (κ3) is 13.4. The van der Waals surface area contributed by atoms with E-state index in [1.165, 1.54) is 11.1 Å². The lowest BCUT2D eigenvalue weighted by molar-refractivity contribution is 0.0953. The Morgan fingerprint density at radius 1 is 0.706 bits per heavy atom. The molecule has 0 saturated carbocycles. The predicted molar refractivity (Wildman–Crippen MR) is 140 cm³/mol. The lowest BCUT2D eigenvalue weighted by Gasteiger charge is -1.95. The molecule has 0 aliphatic rings. The minimum Gasteiger partial charge on any atom is -0.399 e. The van der Waals surface area contributed by atoms with Gasteiger partial charge in [0.2, 0.25) is 0 Å². The molecule has 1 amide bonds. The molecule has 0 radical (unpaired) electrons. The zero-order valence-electron chi connectivity index (χ0n) is 19.3. The molecule has 0 saturated heterocycles. The van der Waals surface area contributed by atoms with Crippen LogP contribution in [0.5, 0.6) is 0 Å². The Morgan fingerprint density at radius 3 is 1.53 bits per heavy atom.